The number of esters is 1. The Hall–Kier alpha value is -1.92. The number of methoxy groups -OCH3 is 1. The lowest BCUT2D eigenvalue weighted by atomic mass is 10.2. The molecule has 0 bridgehead atoms. The molecule has 1 amide bonds. The zero-order chi connectivity index (χ0) is 17.9. The molecule has 5 nitrogen and oxygen atoms in total. The number of thiazole rings is 1. The molecule has 1 aromatic carbocycles. The topological polar surface area (TPSA) is 59.5 Å². The normalized spacial score (nSPS) is 10.8. The predicted molar refractivity (Wildman–Crippen MR) is 95.5 cm³/mol. The van der Waals surface area contributed by atoms with Gasteiger partial charge in [-0.15, -0.1) is 11.3 Å². The second kappa shape index (κ2) is 7.77. The monoisotopic (exact) mass is 366 g/mol. The van der Waals surface area contributed by atoms with Gasteiger partial charge in [0.05, 0.1) is 12.8 Å². The van der Waals surface area contributed by atoms with Crippen LogP contribution in [0.15, 0.2) is 24.3 Å². The number of carbonyl (C=O) groups is 2. The van der Waals surface area contributed by atoms with Crippen molar-refractivity contribution in [1.82, 2.24) is 9.88 Å². The summed E-state index contributed by atoms with van der Waals surface area (Å²) < 4.78 is 4.68. The highest BCUT2D eigenvalue weighted by molar-refractivity contribution is 7.17. The van der Waals surface area contributed by atoms with Crippen LogP contribution in [0.5, 0.6) is 0 Å². The second-order valence-electron chi connectivity index (χ2n) is 5.55. The summed E-state index contributed by atoms with van der Waals surface area (Å²) in [4.78, 5) is 30.9. The molecule has 2 rings (SSSR count). The Morgan fingerprint density at radius 2 is 2.08 bits per heavy atom. The van der Waals surface area contributed by atoms with E-state index in [-0.39, 0.29) is 18.5 Å². The number of ether oxygens (including phenoxy) is 1. The van der Waals surface area contributed by atoms with Gasteiger partial charge in [0, 0.05) is 16.6 Å². The fraction of sp³-hybridized carbons (Fsp3) is 0.353. The third-order valence-electron chi connectivity index (χ3n) is 3.47. The predicted octanol–water partition coefficient (Wildman–Crippen LogP) is 3.80. The Morgan fingerprint density at radius 3 is 2.67 bits per heavy atom. The highest BCUT2D eigenvalue weighted by atomic mass is 35.5. The van der Waals surface area contributed by atoms with Crippen LogP contribution in [0.2, 0.25) is 5.02 Å². The molecule has 0 aliphatic rings. The lowest BCUT2D eigenvalue weighted by Crippen LogP contribution is -2.41. The van der Waals surface area contributed by atoms with Gasteiger partial charge in [0.25, 0.3) is 5.91 Å². The zero-order valence-electron chi connectivity index (χ0n) is 14.0. The van der Waals surface area contributed by atoms with E-state index in [1.807, 2.05) is 32.0 Å². The Bertz CT molecular complexity index is 758. The molecule has 24 heavy (non-hydrogen) atoms. The zero-order valence-corrected chi connectivity index (χ0v) is 15.6. The van der Waals surface area contributed by atoms with Crippen molar-refractivity contribution in [2.75, 3.05) is 13.7 Å². The Morgan fingerprint density at radius 1 is 1.38 bits per heavy atom. The molecule has 128 valence electrons. The Kier molecular flexibility index (Phi) is 5.96. The van der Waals surface area contributed by atoms with E-state index in [9.17, 15) is 9.59 Å². The number of hydrogen-bond acceptors (Lipinski definition) is 5. The van der Waals surface area contributed by atoms with Crippen molar-refractivity contribution in [3.63, 3.8) is 0 Å². The molecule has 0 unspecified atom stereocenters. The average molecular weight is 367 g/mol. The molecule has 0 radical (unpaired) electrons. The number of nitrogens with zero attached hydrogens (tertiary/aromatic N) is 2. The number of carbonyl (C=O) groups excluding carboxylic acids is 2. The molecule has 0 saturated carbocycles. The molecule has 0 aliphatic carbocycles. The minimum absolute atomic E-state index is 0.0865. The molecule has 0 atom stereocenters. The van der Waals surface area contributed by atoms with Gasteiger partial charge < -0.3 is 9.64 Å². The fourth-order valence-corrected chi connectivity index (χ4v) is 3.37. The maximum absolute atomic E-state index is 12.8. The summed E-state index contributed by atoms with van der Waals surface area (Å²) in [7, 11) is 1.31. The lowest BCUT2D eigenvalue weighted by molar-refractivity contribution is -0.141. The van der Waals surface area contributed by atoms with Crippen LogP contribution in [0.25, 0.3) is 10.6 Å². The largest absolute Gasteiger partial charge is 0.468 e. The number of halogens is 1. The molecule has 7 heteroatoms. The second-order valence-corrected chi connectivity index (χ2v) is 6.98. The van der Waals surface area contributed by atoms with Crippen LogP contribution < -0.4 is 0 Å². The van der Waals surface area contributed by atoms with E-state index in [0.29, 0.717) is 15.6 Å². The van der Waals surface area contributed by atoms with Crippen LogP contribution in [0.3, 0.4) is 0 Å². The van der Waals surface area contributed by atoms with E-state index in [4.69, 9.17) is 11.6 Å². The number of benzene rings is 1. The van der Waals surface area contributed by atoms with Gasteiger partial charge >= 0.3 is 5.97 Å². The molecule has 1 heterocycles. The lowest BCUT2D eigenvalue weighted by Gasteiger charge is -2.25. The van der Waals surface area contributed by atoms with Crippen LogP contribution in [0.1, 0.15) is 29.2 Å². The maximum Gasteiger partial charge on any atom is 0.325 e. The summed E-state index contributed by atoms with van der Waals surface area (Å²) in [6.45, 7) is 5.41. The van der Waals surface area contributed by atoms with Crippen LogP contribution >= 0.6 is 22.9 Å². The highest BCUT2D eigenvalue weighted by Crippen LogP contribution is 2.30. The average Bonchev–Trinajstić information content (AvgIpc) is 2.93. The van der Waals surface area contributed by atoms with E-state index in [2.05, 4.69) is 9.72 Å². The molecule has 0 aliphatic heterocycles. The van der Waals surface area contributed by atoms with Crippen molar-refractivity contribution >= 4 is 34.8 Å². The summed E-state index contributed by atoms with van der Waals surface area (Å²) in [6.07, 6.45) is 0. The third kappa shape index (κ3) is 4.13. The van der Waals surface area contributed by atoms with Gasteiger partial charge in [-0.25, -0.2) is 4.98 Å². The fourth-order valence-electron chi connectivity index (χ4n) is 2.16. The van der Waals surface area contributed by atoms with Crippen molar-refractivity contribution < 1.29 is 14.3 Å². The smallest absolute Gasteiger partial charge is 0.325 e. The van der Waals surface area contributed by atoms with E-state index in [0.717, 1.165) is 10.6 Å². The number of amides is 1. The molecular weight excluding hydrogens is 348 g/mol. The first-order valence-electron chi connectivity index (χ1n) is 7.44. The molecular formula is C17H19ClN2O3S. The molecule has 0 N–H and O–H groups in total. The van der Waals surface area contributed by atoms with Crippen LogP contribution in [-0.4, -0.2) is 41.5 Å². The van der Waals surface area contributed by atoms with E-state index in [1.54, 1.807) is 13.0 Å². The third-order valence-corrected chi connectivity index (χ3v) is 4.90. The van der Waals surface area contributed by atoms with Gasteiger partial charge in [0.15, 0.2) is 0 Å². The van der Waals surface area contributed by atoms with Crippen molar-refractivity contribution in [3.8, 4) is 10.6 Å². The first-order valence-corrected chi connectivity index (χ1v) is 8.64. The maximum atomic E-state index is 12.8. The summed E-state index contributed by atoms with van der Waals surface area (Å²) in [6, 6.07) is 7.20. The summed E-state index contributed by atoms with van der Waals surface area (Å²) in [5.74, 6) is -0.673. The number of rotatable bonds is 5. The van der Waals surface area contributed by atoms with Gasteiger partial charge in [0.2, 0.25) is 0 Å². The van der Waals surface area contributed by atoms with Gasteiger partial charge in [-0.2, -0.15) is 0 Å². The van der Waals surface area contributed by atoms with Gasteiger partial charge in [-0.1, -0.05) is 23.7 Å². The minimum atomic E-state index is -0.450. The summed E-state index contributed by atoms with van der Waals surface area (Å²) >= 11 is 7.32. The van der Waals surface area contributed by atoms with Crippen molar-refractivity contribution in [2.45, 2.75) is 26.8 Å². The molecule has 2 aromatic rings. The van der Waals surface area contributed by atoms with Crippen LogP contribution in [0, 0.1) is 6.92 Å². The first kappa shape index (κ1) is 18.4. The molecule has 0 saturated heterocycles. The van der Waals surface area contributed by atoms with Crippen molar-refractivity contribution in [1.29, 1.82) is 0 Å². The SMILES string of the molecule is COC(=O)CN(C(=O)c1sc(-c2cccc(Cl)c2)nc1C)C(C)C. The molecule has 1 aromatic heterocycles. The minimum Gasteiger partial charge on any atom is -0.468 e. The Labute approximate surface area is 150 Å². The van der Waals surface area contributed by atoms with Gasteiger partial charge in [0.1, 0.15) is 16.4 Å². The molecule has 0 fully saturated rings. The summed E-state index contributed by atoms with van der Waals surface area (Å²) in [5, 5.41) is 1.34. The van der Waals surface area contributed by atoms with Gasteiger partial charge in [-0.05, 0) is 32.9 Å². The van der Waals surface area contributed by atoms with Crippen molar-refractivity contribution in [3.05, 3.63) is 39.9 Å². The Balaban J connectivity index is 2.34. The number of aromatic nitrogens is 1. The van der Waals surface area contributed by atoms with E-state index in [1.165, 1.54) is 23.3 Å². The highest BCUT2D eigenvalue weighted by Gasteiger charge is 2.26. The first-order chi connectivity index (χ1) is 11.3. The van der Waals surface area contributed by atoms with E-state index >= 15 is 0 Å². The van der Waals surface area contributed by atoms with Gasteiger partial charge in [-0.3, -0.25) is 9.59 Å². The number of aryl methyl sites for hydroxylation is 1. The van der Waals surface area contributed by atoms with Crippen LogP contribution in [0.4, 0.5) is 0 Å². The summed E-state index contributed by atoms with van der Waals surface area (Å²) in [5.41, 5.74) is 1.49. The quantitative estimate of drug-likeness (QED) is 0.755. The number of hydrogen-bond donors (Lipinski definition) is 0. The van der Waals surface area contributed by atoms with Crippen LogP contribution in [-0.2, 0) is 9.53 Å². The molecule has 0 spiro atoms. The van der Waals surface area contributed by atoms with Crippen molar-refractivity contribution in [2.24, 2.45) is 0 Å². The standard InChI is InChI=1S/C17H19ClN2O3S/c1-10(2)20(9-14(21)23-4)17(22)15-11(3)19-16(24-15)12-6-5-7-13(18)8-12/h5-8,10H,9H2,1-4H3. The van der Waals surface area contributed by atoms with E-state index < -0.39 is 5.97 Å².